The zero-order chi connectivity index (χ0) is 10.7. The van der Waals surface area contributed by atoms with E-state index in [4.69, 9.17) is 0 Å². The van der Waals surface area contributed by atoms with Crippen molar-refractivity contribution in [3.8, 4) is 11.8 Å². The molecule has 1 heterocycles. The van der Waals surface area contributed by atoms with E-state index in [0.29, 0.717) is 0 Å². The molecule has 0 spiro atoms. The van der Waals surface area contributed by atoms with E-state index >= 15 is 0 Å². The number of nitrogens with zero attached hydrogens (tertiary/aromatic N) is 1. The molecule has 0 unspecified atom stereocenters. The van der Waals surface area contributed by atoms with Gasteiger partial charge in [0.05, 0.1) is 0 Å². The normalized spacial score (nSPS) is 10.0. The van der Waals surface area contributed by atoms with Crippen LogP contribution in [0.4, 0.5) is 0 Å². The molecule has 76 valence electrons. The van der Waals surface area contributed by atoms with Gasteiger partial charge in [0.25, 0.3) is 0 Å². The van der Waals surface area contributed by atoms with Gasteiger partial charge in [0.1, 0.15) is 0 Å². The van der Waals surface area contributed by atoms with Crippen molar-refractivity contribution in [1.29, 1.82) is 0 Å². The number of aryl methyl sites for hydroxylation is 2. The fraction of sp³-hybridized carbons (Fsp3) is 0.286. The average Bonchev–Trinajstić information content (AvgIpc) is 2.61. The first-order chi connectivity index (χ1) is 7.31. The maximum absolute atomic E-state index is 3.09. The average molecular weight is 197 g/mol. The predicted octanol–water partition coefficient (Wildman–Crippen LogP) is 3.36. The van der Waals surface area contributed by atoms with E-state index in [1.54, 1.807) is 0 Å². The topological polar surface area (TPSA) is 4.93 Å². The van der Waals surface area contributed by atoms with E-state index in [1.165, 1.54) is 16.5 Å². The van der Waals surface area contributed by atoms with Gasteiger partial charge < -0.3 is 4.57 Å². The van der Waals surface area contributed by atoms with E-state index in [-0.39, 0.29) is 0 Å². The summed E-state index contributed by atoms with van der Waals surface area (Å²) in [5, 5.41) is 1.32. The Kier molecular flexibility index (Phi) is 2.78. The fourth-order valence-corrected chi connectivity index (χ4v) is 1.82. The lowest BCUT2D eigenvalue weighted by molar-refractivity contribution is 0.749. The molecule has 1 aromatic carbocycles. The first-order valence-corrected chi connectivity index (χ1v) is 5.26. The number of aromatic nitrogens is 1. The van der Waals surface area contributed by atoms with Crippen molar-refractivity contribution in [1.82, 2.24) is 4.57 Å². The van der Waals surface area contributed by atoms with Crippen molar-refractivity contribution in [3.05, 3.63) is 36.0 Å². The van der Waals surface area contributed by atoms with Crippen LogP contribution in [0.3, 0.4) is 0 Å². The van der Waals surface area contributed by atoms with Gasteiger partial charge in [-0.25, -0.2) is 0 Å². The van der Waals surface area contributed by atoms with Gasteiger partial charge in [0, 0.05) is 24.7 Å². The van der Waals surface area contributed by atoms with Crippen LogP contribution in [0.2, 0.25) is 0 Å². The monoisotopic (exact) mass is 197 g/mol. The minimum atomic E-state index is 0.925. The van der Waals surface area contributed by atoms with Crippen LogP contribution in [-0.2, 0) is 6.54 Å². The van der Waals surface area contributed by atoms with Gasteiger partial charge in [0.2, 0.25) is 0 Å². The van der Waals surface area contributed by atoms with Gasteiger partial charge in [-0.1, -0.05) is 11.6 Å². The summed E-state index contributed by atoms with van der Waals surface area (Å²) in [6, 6.07) is 8.73. The zero-order valence-corrected chi connectivity index (χ0v) is 9.25. The minimum Gasteiger partial charge on any atom is -0.347 e. The second-order valence-corrected chi connectivity index (χ2v) is 3.75. The maximum atomic E-state index is 3.09. The number of hydrogen-bond acceptors (Lipinski definition) is 0. The lowest BCUT2D eigenvalue weighted by Gasteiger charge is -2.02. The molecule has 0 atom stereocenters. The van der Waals surface area contributed by atoms with Crippen molar-refractivity contribution in [2.24, 2.45) is 0 Å². The van der Waals surface area contributed by atoms with E-state index in [0.717, 1.165) is 13.0 Å². The fourth-order valence-electron chi connectivity index (χ4n) is 1.82. The summed E-state index contributed by atoms with van der Waals surface area (Å²) in [7, 11) is 0. The molecule has 0 fully saturated rings. The summed E-state index contributed by atoms with van der Waals surface area (Å²) in [4.78, 5) is 0. The quantitative estimate of drug-likeness (QED) is 0.650. The van der Waals surface area contributed by atoms with Crippen LogP contribution < -0.4 is 0 Å². The number of hydrogen-bond donors (Lipinski definition) is 0. The van der Waals surface area contributed by atoms with Gasteiger partial charge in [-0.3, -0.25) is 0 Å². The van der Waals surface area contributed by atoms with Crippen LogP contribution in [0.5, 0.6) is 0 Å². The molecular formula is C14H15N. The van der Waals surface area contributed by atoms with Crippen molar-refractivity contribution < 1.29 is 0 Å². The Morgan fingerprint density at radius 3 is 2.93 bits per heavy atom. The second kappa shape index (κ2) is 4.23. The summed E-state index contributed by atoms with van der Waals surface area (Å²) in [5.41, 5.74) is 2.62. The Hall–Kier alpha value is -1.68. The third-order valence-corrected chi connectivity index (χ3v) is 2.58. The standard InChI is InChI=1S/C14H15N/c1-3-4-5-9-15-10-8-13-11-12(2)6-7-14(13)15/h6-8,10-11H,5,9H2,1-2H3. The molecule has 15 heavy (non-hydrogen) atoms. The first-order valence-electron chi connectivity index (χ1n) is 5.26. The van der Waals surface area contributed by atoms with E-state index in [9.17, 15) is 0 Å². The highest BCUT2D eigenvalue weighted by atomic mass is 14.9. The molecule has 1 heteroatoms. The van der Waals surface area contributed by atoms with Crippen LogP contribution >= 0.6 is 0 Å². The molecule has 2 aromatic rings. The van der Waals surface area contributed by atoms with Crippen LogP contribution in [0.25, 0.3) is 10.9 Å². The van der Waals surface area contributed by atoms with Crippen LogP contribution in [0, 0.1) is 18.8 Å². The zero-order valence-electron chi connectivity index (χ0n) is 9.25. The maximum Gasteiger partial charge on any atom is 0.0480 e. The Bertz CT molecular complexity index is 523. The van der Waals surface area contributed by atoms with Crippen molar-refractivity contribution in [2.75, 3.05) is 0 Å². The molecule has 0 radical (unpaired) electrons. The molecule has 0 aliphatic carbocycles. The minimum absolute atomic E-state index is 0.925. The highest BCUT2D eigenvalue weighted by Crippen LogP contribution is 2.17. The second-order valence-electron chi connectivity index (χ2n) is 3.75. The molecular weight excluding hydrogens is 182 g/mol. The van der Waals surface area contributed by atoms with Crippen LogP contribution in [0.15, 0.2) is 30.5 Å². The third kappa shape index (κ3) is 2.05. The molecule has 0 saturated heterocycles. The van der Waals surface area contributed by atoms with Crippen molar-refractivity contribution in [3.63, 3.8) is 0 Å². The number of benzene rings is 1. The van der Waals surface area contributed by atoms with Gasteiger partial charge in [-0.05, 0) is 37.4 Å². The molecule has 2 rings (SSSR count). The van der Waals surface area contributed by atoms with Gasteiger partial charge >= 0.3 is 0 Å². The molecule has 1 aromatic heterocycles. The van der Waals surface area contributed by atoms with Gasteiger partial charge in [-0.2, -0.15) is 0 Å². The summed E-state index contributed by atoms with van der Waals surface area (Å²) in [6.07, 6.45) is 3.07. The van der Waals surface area contributed by atoms with Crippen LogP contribution in [-0.4, -0.2) is 4.57 Å². The van der Waals surface area contributed by atoms with Gasteiger partial charge in [-0.15, -0.1) is 11.8 Å². The summed E-state index contributed by atoms with van der Waals surface area (Å²) in [6.45, 7) is 4.99. The molecule has 0 N–H and O–H groups in total. The Morgan fingerprint density at radius 2 is 2.13 bits per heavy atom. The largest absolute Gasteiger partial charge is 0.347 e. The smallest absolute Gasteiger partial charge is 0.0480 e. The number of rotatable bonds is 2. The molecule has 0 amide bonds. The predicted molar refractivity (Wildman–Crippen MR) is 64.7 cm³/mol. The highest BCUT2D eigenvalue weighted by molar-refractivity contribution is 5.80. The van der Waals surface area contributed by atoms with E-state index in [2.05, 4.69) is 53.8 Å². The highest BCUT2D eigenvalue weighted by Gasteiger charge is 1.99. The number of fused-ring (bicyclic) bond motifs is 1. The van der Waals surface area contributed by atoms with E-state index in [1.807, 2.05) is 6.92 Å². The Morgan fingerprint density at radius 1 is 1.27 bits per heavy atom. The Labute approximate surface area is 90.7 Å². The summed E-state index contributed by atoms with van der Waals surface area (Å²) in [5.74, 6) is 6.02. The summed E-state index contributed by atoms with van der Waals surface area (Å²) >= 11 is 0. The molecule has 0 aliphatic rings. The van der Waals surface area contributed by atoms with Gasteiger partial charge in [0.15, 0.2) is 0 Å². The van der Waals surface area contributed by atoms with Crippen LogP contribution in [0.1, 0.15) is 18.9 Å². The molecule has 1 nitrogen and oxygen atoms in total. The first kappa shape index (κ1) is 9.86. The summed E-state index contributed by atoms with van der Waals surface area (Å²) < 4.78 is 2.26. The third-order valence-electron chi connectivity index (χ3n) is 2.58. The lowest BCUT2D eigenvalue weighted by Crippen LogP contribution is -1.94. The van der Waals surface area contributed by atoms with Crippen molar-refractivity contribution >= 4 is 10.9 Å². The van der Waals surface area contributed by atoms with E-state index < -0.39 is 0 Å². The lowest BCUT2D eigenvalue weighted by atomic mass is 10.2. The molecule has 0 aliphatic heterocycles. The molecule has 0 bridgehead atoms. The van der Waals surface area contributed by atoms with Crippen molar-refractivity contribution in [2.45, 2.75) is 26.8 Å². The molecule has 0 saturated carbocycles. The Balaban J connectivity index is 2.31. The SMILES string of the molecule is CC#CCCn1ccc2cc(C)ccc21.